The van der Waals surface area contributed by atoms with Crippen LogP contribution in [0.5, 0.6) is 0 Å². The van der Waals surface area contributed by atoms with Gasteiger partial charge in [-0.1, -0.05) is 48.0 Å². The normalized spacial score (nSPS) is 12.8. The van der Waals surface area contributed by atoms with Crippen LogP contribution in [-0.2, 0) is 31.3 Å². The molecule has 10 heteroatoms. The summed E-state index contributed by atoms with van der Waals surface area (Å²) in [5.74, 6) is -0.590. The number of carbonyl (C=O) groups is 1. The third kappa shape index (κ3) is 6.24. The van der Waals surface area contributed by atoms with E-state index in [1.165, 1.54) is 36.4 Å². The molecule has 1 atom stereocenters. The second kappa shape index (κ2) is 9.61. The predicted molar refractivity (Wildman–Crippen MR) is 122 cm³/mol. The molecule has 0 saturated heterocycles. The van der Waals surface area contributed by atoms with Crippen molar-refractivity contribution in [3.05, 3.63) is 90.0 Å². The number of benzene rings is 3. The van der Waals surface area contributed by atoms with Crippen LogP contribution in [0.1, 0.15) is 11.1 Å². The zero-order valence-electron chi connectivity index (χ0n) is 17.2. The fraction of sp³-hybridized carbons (Fsp3) is 0.136. The number of aryl methyl sites for hydroxylation is 1. The highest BCUT2D eigenvalue weighted by molar-refractivity contribution is 7.89. The number of hydrogen-bond acceptors (Lipinski definition) is 5. The minimum absolute atomic E-state index is 0.0477. The van der Waals surface area contributed by atoms with Crippen molar-refractivity contribution in [1.29, 1.82) is 0 Å². The summed E-state index contributed by atoms with van der Waals surface area (Å²) in [5.41, 5.74) is 1.98. The molecule has 0 fully saturated rings. The third-order valence-corrected chi connectivity index (χ3v) is 7.10. The fourth-order valence-electron chi connectivity index (χ4n) is 2.97. The van der Waals surface area contributed by atoms with E-state index in [9.17, 15) is 21.6 Å². The summed E-state index contributed by atoms with van der Waals surface area (Å²) in [7, 11) is -7.83. The van der Waals surface area contributed by atoms with Crippen molar-refractivity contribution < 1.29 is 21.6 Å². The second-order valence-corrected chi connectivity index (χ2v) is 10.5. The molecule has 3 aromatic carbocycles. The number of amides is 1. The van der Waals surface area contributed by atoms with Crippen LogP contribution < -0.4 is 15.2 Å². The van der Waals surface area contributed by atoms with E-state index in [-0.39, 0.29) is 16.2 Å². The van der Waals surface area contributed by atoms with Crippen LogP contribution in [0, 0.1) is 6.92 Å². The quantitative estimate of drug-likeness (QED) is 0.461. The van der Waals surface area contributed by atoms with Gasteiger partial charge >= 0.3 is 0 Å². The predicted octanol–water partition coefficient (Wildman–Crippen LogP) is 2.17. The highest BCUT2D eigenvalue weighted by Gasteiger charge is 2.26. The third-order valence-electron chi connectivity index (χ3n) is 4.68. The molecule has 1 amide bonds. The number of rotatable bonds is 8. The van der Waals surface area contributed by atoms with E-state index < -0.39 is 32.0 Å². The Morgan fingerprint density at radius 2 is 1.41 bits per heavy atom. The van der Waals surface area contributed by atoms with Crippen LogP contribution in [0.4, 0.5) is 5.69 Å². The van der Waals surface area contributed by atoms with Crippen LogP contribution in [-0.4, -0.2) is 28.8 Å². The Morgan fingerprint density at radius 1 is 0.844 bits per heavy atom. The molecule has 0 aliphatic carbocycles. The molecule has 168 valence electrons. The SMILES string of the molecule is Cc1ccc(S(=O)(=O)NC(Cc2ccccc2)C(=O)Nc2ccc(S(N)(=O)=O)cc2)cc1. The molecule has 8 nitrogen and oxygen atoms in total. The Hall–Kier alpha value is -3.05. The van der Waals surface area contributed by atoms with Crippen LogP contribution in [0.15, 0.2) is 88.7 Å². The average molecular weight is 474 g/mol. The lowest BCUT2D eigenvalue weighted by atomic mass is 10.1. The van der Waals surface area contributed by atoms with Gasteiger partial charge in [0.2, 0.25) is 26.0 Å². The molecule has 4 N–H and O–H groups in total. The van der Waals surface area contributed by atoms with Crippen molar-refractivity contribution in [1.82, 2.24) is 4.72 Å². The van der Waals surface area contributed by atoms with E-state index in [1.807, 2.05) is 13.0 Å². The molecule has 3 rings (SSSR count). The molecule has 0 spiro atoms. The Kier molecular flexibility index (Phi) is 7.09. The van der Waals surface area contributed by atoms with Gasteiger partial charge in [-0.15, -0.1) is 0 Å². The summed E-state index contributed by atoms with van der Waals surface area (Å²) >= 11 is 0. The highest BCUT2D eigenvalue weighted by Crippen LogP contribution is 2.16. The topological polar surface area (TPSA) is 135 Å². The fourth-order valence-corrected chi connectivity index (χ4v) is 4.68. The van der Waals surface area contributed by atoms with Crippen molar-refractivity contribution in [2.75, 3.05) is 5.32 Å². The van der Waals surface area contributed by atoms with Crippen LogP contribution in [0.2, 0.25) is 0 Å². The Labute approximate surface area is 187 Å². The van der Waals surface area contributed by atoms with Gasteiger partial charge in [-0.05, 0) is 55.3 Å². The number of primary sulfonamides is 1. The van der Waals surface area contributed by atoms with E-state index in [0.717, 1.165) is 11.1 Å². The largest absolute Gasteiger partial charge is 0.325 e. The lowest BCUT2D eigenvalue weighted by Crippen LogP contribution is -2.45. The monoisotopic (exact) mass is 473 g/mol. The molecule has 0 heterocycles. The number of hydrogen-bond donors (Lipinski definition) is 3. The number of sulfonamides is 2. The molecular formula is C22H23N3O5S2. The molecule has 0 radical (unpaired) electrons. The number of anilines is 1. The van der Waals surface area contributed by atoms with Gasteiger partial charge in [-0.2, -0.15) is 4.72 Å². The van der Waals surface area contributed by atoms with E-state index >= 15 is 0 Å². The van der Waals surface area contributed by atoms with Gasteiger partial charge in [0, 0.05) is 5.69 Å². The first kappa shape index (κ1) is 23.6. The standard InChI is InChI=1S/C22H23N3O5S2/c1-16-7-11-20(12-8-16)32(29,30)25-21(15-17-5-3-2-4-6-17)22(26)24-18-9-13-19(14-10-18)31(23,27)28/h2-14,21,25H,15H2,1H3,(H,24,26)(H2,23,27,28). The molecule has 1 unspecified atom stereocenters. The van der Waals surface area contributed by atoms with E-state index in [1.54, 1.807) is 36.4 Å². The first-order valence-electron chi connectivity index (χ1n) is 9.61. The van der Waals surface area contributed by atoms with Crippen molar-refractivity contribution in [3.8, 4) is 0 Å². The Balaban J connectivity index is 1.85. The maximum atomic E-state index is 13.0. The summed E-state index contributed by atoms with van der Waals surface area (Å²) < 4.78 is 51.1. The molecule has 3 aromatic rings. The van der Waals surface area contributed by atoms with Gasteiger partial charge in [-0.3, -0.25) is 4.79 Å². The molecule has 0 aliphatic heterocycles. The summed E-state index contributed by atoms with van der Waals surface area (Å²) in [6.07, 6.45) is 0.118. The zero-order valence-corrected chi connectivity index (χ0v) is 18.9. The average Bonchev–Trinajstić information content (AvgIpc) is 2.74. The van der Waals surface area contributed by atoms with Crippen LogP contribution in [0.3, 0.4) is 0 Å². The lowest BCUT2D eigenvalue weighted by molar-refractivity contribution is -0.117. The molecule has 0 aromatic heterocycles. The van der Waals surface area contributed by atoms with E-state index in [4.69, 9.17) is 5.14 Å². The zero-order chi connectivity index (χ0) is 23.4. The van der Waals surface area contributed by atoms with Gasteiger partial charge in [0.1, 0.15) is 6.04 Å². The first-order chi connectivity index (χ1) is 15.0. The molecular weight excluding hydrogens is 450 g/mol. The van der Waals surface area contributed by atoms with Gasteiger partial charge in [0.25, 0.3) is 0 Å². The minimum atomic E-state index is -3.97. The molecule has 0 saturated carbocycles. The van der Waals surface area contributed by atoms with E-state index in [2.05, 4.69) is 10.0 Å². The van der Waals surface area contributed by atoms with Crippen LogP contribution >= 0.6 is 0 Å². The maximum absolute atomic E-state index is 13.0. The number of nitrogens with two attached hydrogens (primary N) is 1. The Morgan fingerprint density at radius 3 is 1.97 bits per heavy atom. The van der Waals surface area contributed by atoms with Gasteiger partial charge in [-0.25, -0.2) is 22.0 Å². The highest BCUT2D eigenvalue weighted by atomic mass is 32.2. The molecule has 0 aliphatic rings. The van der Waals surface area contributed by atoms with Gasteiger partial charge in [0.15, 0.2) is 0 Å². The number of nitrogens with one attached hydrogen (secondary N) is 2. The molecule has 32 heavy (non-hydrogen) atoms. The number of carbonyl (C=O) groups excluding carboxylic acids is 1. The van der Waals surface area contributed by atoms with Gasteiger partial charge in [0.05, 0.1) is 9.79 Å². The van der Waals surface area contributed by atoms with Crippen LogP contribution in [0.25, 0.3) is 0 Å². The van der Waals surface area contributed by atoms with Crippen molar-refractivity contribution in [3.63, 3.8) is 0 Å². The maximum Gasteiger partial charge on any atom is 0.242 e. The molecule has 0 bridgehead atoms. The van der Waals surface area contributed by atoms with Crippen molar-refractivity contribution in [2.24, 2.45) is 5.14 Å². The summed E-state index contributed by atoms with van der Waals surface area (Å²) in [4.78, 5) is 12.9. The summed E-state index contributed by atoms with van der Waals surface area (Å²) in [6.45, 7) is 1.84. The van der Waals surface area contributed by atoms with Crippen molar-refractivity contribution in [2.45, 2.75) is 29.2 Å². The first-order valence-corrected chi connectivity index (χ1v) is 12.6. The lowest BCUT2D eigenvalue weighted by Gasteiger charge is -2.19. The van der Waals surface area contributed by atoms with Crippen molar-refractivity contribution >= 4 is 31.6 Å². The second-order valence-electron chi connectivity index (χ2n) is 7.24. The Bertz CT molecular complexity index is 1290. The summed E-state index contributed by atoms with van der Waals surface area (Å²) in [5, 5.41) is 7.71. The summed E-state index contributed by atoms with van der Waals surface area (Å²) in [6, 6.07) is 19.5. The smallest absolute Gasteiger partial charge is 0.242 e. The van der Waals surface area contributed by atoms with E-state index in [0.29, 0.717) is 5.69 Å². The minimum Gasteiger partial charge on any atom is -0.325 e. The van der Waals surface area contributed by atoms with Gasteiger partial charge < -0.3 is 5.32 Å².